The molecule has 2 aromatic rings. The zero-order valence-corrected chi connectivity index (χ0v) is 10.5. The maximum Gasteiger partial charge on any atom is 0.115 e. The van der Waals surface area contributed by atoms with Gasteiger partial charge < -0.3 is 5.11 Å². The molecule has 0 fully saturated rings. The van der Waals surface area contributed by atoms with E-state index in [4.69, 9.17) is 0 Å². The molecule has 0 aliphatic rings. The maximum absolute atomic E-state index is 9.21. The standard InChI is InChI=1S/C16H17NO/c1-2-16(14-6-4-3-5-7-14)17-12-13-8-10-15(18)11-9-13/h3-12,16,18H,2H2,1H3/t16-/m0/s1. The fourth-order valence-electron chi connectivity index (χ4n) is 1.84. The Bertz CT molecular complexity index is 502. The molecular weight excluding hydrogens is 222 g/mol. The average Bonchev–Trinajstić information content (AvgIpc) is 2.43. The van der Waals surface area contributed by atoms with E-state index in [9.17, 15) is 5.11 Å². The molecule has 0 saturated heterocycles. The van der Waals surface area contributed by atoms with Gasteiger partial charge in [0.2, 0.25) is 0 Å². The van der Waals surface area contributed by atoms with E-state index >= 15 is 0 Å². The molecule has 1 N–H and O–H groups in total. The van der Waals surface area contributed by atoms with Crippen LogP contribution >= 0.6 is 0 Å². The summed E-state index contributed by atoms with van der Waals surface area (Å²) in [5.41, 5.74) is 2.23. The smallest absolute Gasteiger partial charge is 0.115 e. The molecule has 18 heavy (non-hydrogen) atoms. The first-order chi connectivity index (χ1) is 8.79. The molecule has 2 nitrogen and oxygen atoms in total. The van der Waals surface area contributed by atoms with Crippen LogP contribution in [0.15, 0.2) is 59.6 Å². The number of hydrogen-bond acceptors (Lipinski definition) is 2. The molecule has 0 radical (unpaired) electrons. The first kappa shape index (κ1) is 12.4. The molecule has 2 rings (SSSR count). The Balaban J connectivity index is 2.13. The Morgan fingerprint density at radius 3 is 2.33 bits per heavy atom. The van der Waals surface area contributed by atoms with Gasteiger partial charge in [0.25, 0.3) is 0 Å². The number of phenols is 1. The van der Waals surface area contributed by atoms with Gasteiger partial charge in [0.1, 0.15) is 5.75 Å². The van der Waals surface area contributed by atoms with Crippen LogP contribution in [0.3, 0.4) is 0 Å². The number of rotatable bonds is 4. The lowest BCUT2D eigenvalue weighted by Crippen LogP contribution is -1.94. The summed E-state index contributed by atoms with van der Waals surface area (Å²) in [6, 6.07) is 17.5. The van der Waals surface area contributed by atoms with E-state index in [1.807, 2.05) is 36.5 Å². The molecule has 0 aliphatic carbocycles. The monoisotopic (exact) mass is 239 g/mol. The summed E-state index contributed by atoms with van der Waals surface area (Å²) in [5.74, 6) is 0.280. The molecule has 0 amide bonds. The van der Waals surface area contributed by atoms with Crippen LogP contribution in [-0.4, -0.2) is 11.3 Å². The molecule has 0 heterocycles. The minimum absolute atomic E-state index is 0.194. The van der Waals surface area contributed by atoms with Gasteiger partial charge in [-0.05, 0) is 41.8 Å². The molecule has 0 unspecified atom stereocenters. The van der Waals surface area contributed by atoms with Gasteiger partial charge in [0.05, 0.1) is 6.04 Å². The van der Waals surface area contributed by atoms with E-state index in [2.05, 4.69) is 24.0 Å². The fraction of sp³-hybridized carbons (Fsp3) is 0.188. The molecule has 0 saturated carbocycles. The van der Waals surface area contributed by atoms with E-state index in [1.54, 1.807) is 12.1 Å². The molecule has 1 atom stereocenters. The van der Waals surface area contributed by atoms with Crippen molar-refractivity contribution in [1.82, 2.24) is 0 Å². The molecule has 0 aromatic heterocycles. The highest BCUT2D eigenvalue weighted by molar-refractivity contribution is 5.79. The van der Waals surface area contributed by atoms with Gasteiger partial charge in [-0.3, -0.25) is 4.99 Å². The lowest BCUT2D eigenvalue weighted by molar-refractivity contribution is 0.475. The minimum Gasteiger partial charge on any atom is -0.508 e. The van der Waals surface area contributed by atoms with Gasteiger partial charge in [-0.15, -0.1) is 0 Å². The third-order valence-corrected chi connectivity index (χ3v) is 2.87. The number of phenolic OH excluding ortho intramolecular Hbond substituents is 1. The van der Waals surface area contributed by atoms with Crippen molar-refractivity contribution in [3.63, 3.8) is 0 Å². The quantitative estimate of drug-likeness (QED) is 0.805. The Hall–Kier alpha value is -2.09. The number of nitrogens with zero attached hydrogens (tertiary/aromatic N) is 1. The predicted octanol–water partition coefficient (Wildman–Crippen LogP) is 3.96. The summed E-state index contributed by atoms with van der Waals surface area (Å²) in [6.45, 7) is 2.13. The summed E-state index contributed by atoms with van der Waals surface area (Å²) >= 11 is 0. The van der Waals surface area contributed by atoms with Crippen LogP contribution in [0, 0.1) is 0 Å². The Kier molecular flexibility index (Phi) is 4.13. The number of aliphatic imine (C=N–C) groups is 1. The van der Waals surface area contributed by atoms with Gasteiger partial charge in [0, 0.05) is 6.21 Å². The Morgan fingerprint density at radius 2 is 1.72 bits per heavy atom. The van der Waals surface area contributed by atoms with E-state index in [0.717, 1.165) is 12.0 Å². The summed E-state index contributed by atoms with van der Waals surface area (Å²) in [6.07, 6.45) is 2.83. The molecule has 2 aromatic carbocycles. The lowest BCUT2D eigenvalue weighted by Gasteiger charge is -2.09. The highest BCUT2D eigenvalue weighted by atomic mass is 16.3. The van der Waals surface area contributed by atoms with Crippen LogP contribution in [0.4, 0.5) is 0 Å². The van der Waals surface area contributed by atoms with Gasteiger partial charge in [0.15, 0.2) is 0 Å². The van der Waals surface area contributed by atoms with Crippen LogP contribution in [-0.2, 0) is 0 Å². The summed E-state index contributed by atoms with van der Waals surface area (Å²) in [5, 5.41) is 9.21. The molecular formula is C16H17NO. The normalized spacial score (nSPS) is 12.7. The van der Waals surface area contributed by atoms with Crippen LogP contribution in [0.5, 0.6) is 5.75 Å². The van der Waals surface area contributed by atoms with Gasteiger partial charge in [-0.1, -0.05) is 37.3 Å². The van der Waals surface area contributed by atoms with Crippen molar-refractivity contribution >= 4 is 6.21 Å². The van der Waals surface area contributed by atoms with Crippen molar-refractivity contribution in [1.29, 1.82) is 0 Å². The highest BCUT2D eigenvalue weighted by Crippen LogP contribution is 2.20. The third kappa shape index (κ3) is 3.20. The largest absolute Gasteiger partial charge is 0.508 e. The molecule has 92 valence electrons. The van der Waals surface area contributed by atoms with E-state index in [0.29, 0.717) is 0 Å². The van der Waals surface area contributed by atoms with Crippen molar-refractivity contribution in [2.45, 2.75) is 19.4 Å². The van der Waals surface area contributed by atoms with Crippen molar-refractivity contribution in [2.24, 2.45) is 4.99 Å². The topological polar surface area (TPSA) is 32.6 Å². The van der Waals surface area contributed by atoms with Crippen LogP contribution < -0.4 is 0 Å². The highest BCUT2D eigenvalue weighted by Gasteiger charge is 2.04. The van der Waals surface area contributed by atoms with Crippen LogP contribution in [0.1, 0.15) is 30.5 Å². The molecule has 0 aliphatic heterocycles. The first-order valence-corrected chi connectivity index (χ1v) is 6.16. The lowest BCUT2D eigenvalue weighted by atomic mass is 10.1. The second-order valence-corrected chi connectivity index (χ2v) is 4.20. The van der Waals surface area contributed by atoms with E-state index in [-0.39, 0.29) is 11.8 Å². The predicted molar refractivity (Wildman–Crippen MR) is 75.2 cm³/mol. The number of benzene rings is 2. The average molecular weight is 239 g/mol. The van der Waals surface area contributed by atoms with Gasteiger partial charge in [-0.25, -0.2) is 0 Å². The van der Waals surface area contributed by atoms with Crippen LogP contribution in [0.25, 0.3) is 0 Å². The molecule has 0 bridgehead atoms. The van der Waals surface area contributed by atoms with Crippen molar-refractivity contribution in [2.75, 3.05) is 0 Å². The summed E-state index contributed by atoms with van der Waals surface area (Å²) < 4.78 is 0. The van der Waals surface area contributed by atoms with Gasteiger partial charge in [-0.2, -0.15) is 0 Å². The van der Waals surface area contributed by atoms with Crippen LogP contribution in [0.2, 0.25) is 0 Å². The Labute approximate surface area is 108 Å². The van der Waals surface area contributed by atoms with Crippen molar-refractivity contribution < 1.29 is 5.11 Å². The van der Waals surface area contributed by atoms with E-state index < -0.39 is 0 Å². The van der Waals surface area contributed by atoms with Crippen molar-refractivity contribution in [3.05, 3.63) is 65.7 Å². The summed E-state index contributed by atoms with van der Waals surface area (Å²) in [7, 11) is 0. The fourth-order valence-corrected chi connectivity index (χ4v) is 1.84. The maximum atomic E-state index is 9.21. The zero-order valence-electron chi connectivity index (χ0n) is 10.5. The van der Waals surface area contributed by atoms with Crippen molar-refractivity contribution in [3.8, 4) is 5.75 Å². The summed E-state index contributed by atoms with van der Waals surface area (Å²) in [4.78, 5) is 4.61. The number of hydrogen-bond donors (Lipinski definition) is 1. The zero-order chi connectivity index (χ0) is 12.8. The Morgan fingerprint density at radius 1 is 1.06 bits per heavy atom. The SMILES string of the molecule is CC[C@H](N=Cc1ccc(O)cc1)c1ccccc1. The minimum atomic E-state index is 0.194. The number of aromatic hydroxyl groups is 1. The van der Waals surface area contributed by atoms with E-state index in [1.165, 1.54) is 5.56 Å². The molecule has 2 heteroatoms. The third-order valence-electron chi connectivity index (χ3n) is 2.87. The first-order valence-electron chi connectivity index (χ1n) is 6.16. The second-order valence-electron chi connectivity index (χ2n) is 4.20. The van der Waals surface area contributed by atoms with Gasteiger partial charge >= 0.3 is 0 Å². The second kappa shape index (κ2) is 6.01. The molecule has 0 spiro atoms.